The first kappa shape index (κ1) is 18.3. The first-order valence-corrected chi connectivity index (χ1v) is 9.58. The topological polar surface area (TPSA) is 49.4 Å². The van der Waals surface area contributed by atoms with Gasteiger partial charge in [0.2, 0.25) is 0 Å². The van der Waals surface area contributed by atoms with Crippen LogP contribution >= 0.6 is 24.0 Å². The maximum Gasteiger partial charge on any atom is 0.285 e. The number of hydrogen-bond donors (Lipinski definition) is 1. The number of thiocarbonyl (C=S) groups is 1. The molecule has 1 fully saturated rings. The van der Waals surface area contributed by atoms with Crippen molar-refractivity contribution in [3.05, 3.63) is 88.6 Å². The van der Waals surface area contributed by atoms with Gasteiger partial charge in [0.1, 0.15) is 5.82 Å². The minimum Gasteiger partial charge on any atom is -0.267 e. The summed E-state index contributed by atoms with van der Waals surface area (Å²) in [6, 6.07) is 19.2. The van der Waals surface area contributed by atoms with Gasteiger partial charge in [0, 0.05) is 0 Å². The van der Waals surface area contributed by atoms with Crippen molar-refractivity contribution in [2.75, 3.05) is 0 Å². The van der Waals surface area contributed by atoms with Gasteiger partial charge in [-0.1, -0.05) is 66.4 Å². The van der Waals surface area contributed by atoms with E-state index in [-0.39, 0.29) is 9.88 Å². The third kappa shape index (κ3) is 3.42. The fraction of sp³-hybridized carbons (Fsp3) is 0. The minimum absolute atomic E-state index is 0.158. The number of carbonyl (C=O) groups is 2. The second-order valence-corrected chi connectivity index (χ2v) is 7.68. The molecule has 0 radical (unpaired) electrons. The highest BCUT2D eigenvalue weighted by Gasteiger charge is 2.34. The van der Waals surface area contributed by atoms with Crippen molar-refractivity contribution in [1.29, 1.82) is 0 Å². The lowest BCUT2D eigenvalue weighted by atomic mass is 10.0. The highest BCUT2D eigenvalue weighted by molar-refractivity contribution is 8.26. The second-order valence-electron chi connectivity index (χ2n) is 6.01. The largest absolute Gasteiger partial charge is 0.285 e. The van der Waals surface area contributed by atoms with E-state index in [4.69, 9.17) is 12.2 Å². The Kier molecular flexibility index (Phi) is 4.93. The highest BCUT2D eigenvalue weighted by Crippen LogP contribution is 2.33. The zero-order valence-corrected chi connectivity index (χ0v) is 16.0. The molecule has 138 valence electrons. The lowest BCUT2D eigenvalue weighted by Crippen LogP contribution is -2.45. The van der Waals surface area contributed by atoms with Gasteiger partial charge in [0.05, 0.1) is 10.5 Å². The summed E-state index contributed by atoms with van der Waals surface area (Å²) in [5, 5.41) is 3.04. The summed E-state index contributed by atoms with van der Waals surface area (Å²) in [4.78, 5) is 25.5. The van der Waals surface area contributed by atoms with Crippen LogP contribution in [-0.2, 0) is 4.79 Å². The van der Waals surface area contributed by atoms with Crippen molar-refractivity contribution >= 4 is 57.0 Å². The van der Waals surface area contributed by atoms with Crippen LogP contribution < -0.4 is 5.43 Å². The molecule has 0 spiro atoms. The third-order valence-corrected chi connectivity index (χ3v) is 5.54. The average Bonchev–Trinajstić information content (AvgIpc) is 2.96. The van der Waals surface area contributed by atoms with E-state index in [0.717, 1.165) is 33.1 Å². The zero-order chi connectivity index (χ0) is 19.7. The summed E-state index contributed by atoms with van der Waals surface area (Å²) in [6.45, 7) is 0. The Morgan fingerprint density at radius 1 is 1.04 bits per heavy atom. The normalized spacial score (nSPS) is 15.5. The number of nitrogens with zero attached hydrogens (tertiary/aromatic N) is 1. The van der Waals surface area contributed by atoms with E-state index in [1.54, 1.807) is 12.1 Å². The van der Waals surface area contributed by atoms with Gasteiger partial charge in [-0.25, -0.2) is 4.39 Å². The third-order valence-electron chi connectivity index (χ3n) is 4.24. The number of thioether (sulfide) groups is 1. The number of amides is 2. The molecule has 4 nitrogen and oxygen atoms in total. The number of fused-ring (bicyclic) bond motifs is 1. The molecule has 1 heterocycles. The number of hydrogen-bond acceptors (Lipinski definition) is 4. The molecule has 2 amide bonds. The first-order chi connectivity index (χ1) is 13.5. The summed E-state index contributed by atoms with van der Waals surface area (Å²) in [5.41, 5.74) is 3.11. The predicted octanol–water partition coefficient (Wildman–Crippen LogP) is 4.53. The standard InChI is InChI=1S/C21H13FN2O2S2/c22-17-11-4-3-10-16(17)19(25)23-24-20(26)18(28-21(24)27)12-14-8-5-7-13-6-1-2-9-15(13)14/h1-12H,(H,23,25)/b18-12+. The quantitative estimate of drug-likeness (QED) is 0.511. The van der Waals surface area contributed by atoms with E-state index in [1.165, 1.54) is 18.2 Å². The van der Waals surface area contributed by atoms with Crippen LogP contribution in [0.25, 0.3) is 16.8 Å². The second kappa shape index (κ2) is 7.53. The molecule has 0 atom stereocenters. The van der Waals surface area contributed by atoms with Crippen LogP contribution in [0.15, 0.2) is 71.6 Å². The van der Waals surface area contributed by atoms with Crippen molar-refractivity contribution < 1.29 is 14.0 Å². The van der Waals surface area contributed by atoms with Gasteiger partial charge in [0.25, 0.3) is 11.8 Å². The molecule has 3 aromatic rings. The number of carbonyl (C=O) groups excluding carboxylic acids is 2. The van der Waals surface area contributed by atoms with Crippen molar-refractivity contribution in [3.63, 3.8) is 0 Å². The van der Waals surface area contributed by atoms with Crippen molar-refractivity contribution in [3.8, 4) is 0 Å². The van der Waals surface area contributed by atoms with Crippen molar-refractivity contribution in [1.82, 2.24) is 10.4 Å². The van der Waals surface area contributed by atoms with E-state index in [0.29, 0.717) is 4.91 Å². The molecule has 4 rings (SSSR count). The van der Waals surface area contributed by atoms with Crippen LogP contribution in [0.4, 0.5) is 4.39 Å². The van der Waals surface area contributed by atoms with Gasteiger partial charge in [-0.05, 0) is 46.8 Å². The number of hydrazine groups is 1. The van der Waals surface area contributed by atoms with Crippen molar-refractivity contribution in [2.24, 2.45) is 0 Å². The predicted molar refractivity (Wildman–Crippen MR) is 113 cm³/mol. The molecule has 1 aliphatic rings. The lowest BCUT2D eigenvalue weighted by Gasteiger charge is -2.15. The molecule has 28 heavy (non-hydrogen) atoms. The number of halogens is 1. The highest BCUT2D eigenvalue weighted by atomic mass is 32.2. The summed E-state index contributed by atoms with van der Waals surface area (Å²) < 4.78 is 14.0. The molecule has 7 heteroatoms. The zero-order valence-electron chi connectivity index (χ0n) is 14.4. The van der Waals surface area contributed by atoms with Crippen LogP contribution in [-0.4, -0.2) is 21.1 Å². The van der Waals surface area contributed by atoms with Gasteiger partial charge in [-0.2, -0.15) is 5.01 Å². The molecule has 0 aromatic heterocycles. The molecule has 1 N–H and O–H groups in total. The van der Waals surface area contributed by atoms with Crippen LogP contribution in [0.1, 0.15) is 15.9 Å². The monoisotopic (exact) mass is 408 g/mol. The van der Waals surface area contributed by atoms with Crippen LogP contribution in [0.3, 0.4) is 0 Å². The number of nitrogens with one attached hydrogen (secondary N) is 1. The van der Waals surface area contributed by atoms with Gasteiger partial charge in [-0.15, -0.1) is 0 Å². The summed E-state index contributed by atoms with van der Waals surface area (Å²) in [7, 11) is 0. The first-order valence-electron chi connectivity index (χ1n) is 8.36. The van der Waals surface area contributed by atoms with E-state index in [1.807, 2.05) is 42.5 Å². The Bertz CT molecular complexity index is 1150. The fourth-order valence-electron chi connectivity index (χ4n) is 2.89. The Balaban J connectivity index is 1.61. The van der Waals surface area contributed by atoms with Gasteiger partial charge >= 0.3 is 0 Å². The molecular formula is C21H13FN2O2S2. The minimum atomic E-state index is -0.735. The van der Waals surface area contributed by atoms with Gasteiger partial charge < -0.3 is 0 Å². The summed E-state index contributed by atoms with van der Waals surface area (Å²) in [6.07, 6.45) is 1.75. The molecule has 1 aliphatic heterocycles. The van der Waals surface area contributed by atoms with Crippen LogP contribution in [0.5, 0.6) is 0 Å². The summed E-state index contributed by atoms with van der Waals surface area (Å²) >= 11 is 6.31. The number of benzene rings is 3. The van der Waals surface area contributed by atoms with Gasteiger partial charge in [0.15, 0.2) is 4.32 Å². The molecule has 0 saturated carbocycles. The molecule has 3 aromatic carbocycles. The molecule has 0 unspecified atom stereocenters. The Morgan fingerprint density at radius 3 is 2.57 bits per heavy atom. The Labute approximate surface area is 170 Å². The van der Waals surface area contributed by atoms with Crippen LogP contribution in [0, 0.1) is 5.82 Å². The van der Waals surface area contributed by atoms with E-state index in [9.17, 15) is 14.0 Å². The van der Waals surface area contributed by atoms with E-state index < -0.39 is 17.6 Å². The smallest absolute Gasteiger partial charge is 0.267 e. The average molecular weight is 408 g/mol. The van der Waals surface area contributed by atoms with E-state index >= 15 is 0 Å². The SMILES string of the molecule is O=C(NN1C(=O)/C(=C\c2cccc3ccccc23)SC1=S)c1ccccc1F. The maximum absolute atomic E-state index is 13.8. The summed E-state index contributed by atoms with van der Waals surface area (Å²) in [5.74, 6) is -1.86. The molecule has 1 saturated heterocycles. The number of rotatable bonds is 3. The fourth-order valence-corrected chi connectivity index (χ4v) is 4.06. The van der Waals surface area contributed by atoms with Gasteiger partial charge in [-0.3, -0.25) is 15.0 Å². The molecule has 0 bridgehead atoms. The molecule has 0 aliphatic carbocycles. The van der Waals surface area contributed by atoms with Crippen molar-refractivity contribution in [2.45, 2.75) is 0 Å². The van der Waals surface area contributed by atoms with E-state index in [2.05, 4.69) is 5.43 Å². The lowest BCUT2D eigenvalue weighted by molar-refractivity contribution is -0.123. The Morgan fingerprint density at radius 2 is 1.75 bits per heavy atom. The Hall–Kier alpha value is -3.03. The maximum atomic E-state index is 13.8. The molecular weight excluding hydrogens is 395 g/mol. The van der Waals surface area contributed by atoms with Crippen LogP contribution in [0.2, 0.25) is 0 Å².